The number of anilines is 1. The monoisotopic (exact) mass is 374 g/mol. The summed E-state index contributed by atoms with van der Waals surface area (Å²) >= 11 is 1.25. The van der Waals surface area contributed by atoms with Gasteiger partial charge in [-0.05, 0) is 55.5 Å². The van der Waals surface area contributed by atoms with E-state index in [9.17, 15) is 13.6 Å². The summed E-state index contributed by atoms with van der Waals surface area (Å²) in [6.07, 6.45) is 0. The molecule has 0 aliphatic heterocycles. The molecule has 3 rings (SSSR count). The number of amides is 1. The first-order valence-corrected chi connectivity index (χ1v) is 8.92. The van der Waals surface area contributed by atoms with Crippen LogP contribution in [-0.4, -0.2) is 26.4 Å². The van der Waals surface area contributed by atoms with Crippen LogP contribution in [0.15, 0.2) is 53.7 Å². The molecule has 3 aromatic rings. The molecule has 1 amide bonds. The summed E-state index contributed by atoms with van der Waals surface area (Å²) in [5.41, 5.74) is 1.28. The van der Waals surface area contributed by atoms with E-state index in [2.05, 4.69) is 15.5 Å². The van der Waals surface area contributed by atoms with Crippen molar-refractivity contribution in [1.29, 1.82) is 0 Å². The number of hydrogen-bond acceptors (Lipinski definition) is 4. The van der Waals surface area contributed by atoms with Crippen LogP contribution in [0, 0.1) is 11.6 Å². The van der Waals surface area contributed by atoms with Gasteiger partial charge in [-0.25, -0.2) is 8.78 Å². The maximum absolute atomic E-state index is 13.1. The lowest BCUT2D eigenvalue weighted by Crippen LogP contribution is -2.14. The molecule has 0 aliphatic carbocycles. The van der Waals surface area contributed by atoms with Crippen LogP contribution in [-0.2, 0) is 11.3 Å². The van der Waals surface area contributed by atoms with E-state index in [1.54, 1.807) is 12.1 Å². The van der Waals surface area contributed by atoms with E-state index in [4.69, 9.17) is 0 Å². The maximum Gasteiger partial charge on any atom is 0.234 e. The summed E-state index contributed by atoms with van der Waals surface area (Å²) in [5, 5.41) is 11.6. The van der Waals surface area contributed by atoms with E-state index in [1.165, 1.54) is 48.2 Å². The number of benzene rings is 2. The molecule has 0 radical (unpaired) electrons. The third-order valence-electron chi connectivity index (χ3n) is 3.60. The summed E-state index contributed by atoms with van der Waals surface area (Å²) in [5.74, 6) is -0.145. The van der Waals surface area contributed by atoms with Crippen LogP contribution in [0.1, 0.15) is 6.92 Å². The van der Waals surface area contributed by atoms with E-state index in [0.717, 1.165) is 5.56 Å². The SMILES string of the molecule is CCn1c(SCC(=O)Nc2ccc(F)cc2)nnc1-c1ccc(F)cc1. The van der Waals surface area contributed by atoms with Crippen LogP contribution in [0.5, 0.6) is 0 Å². The van der Waals surface area contributed by atoms with Crippen LogP contribution in [0.25, 0.3) is 11.4 Å². The number of nitrogens with one attached hydrogen (secondary N) is 1. The van der Waals surface area contributed by atoms with Gasteiger partial charge in [0.1, 0.15) is 11.6 Å². The van der Waals surface area contributed by atoms with Gasteiger partial charge in [0, 0.05) is 17.8 Å². The molecule has 1 aromatic heterocycles. The zero-order chi connectivity index (χ0) is 18.5. The lowest BCUT2D eigenvalue weighted by Gasteiger charge is -2.08. The van der Waals surface area contributed by atoms with Crippen LogP contribution < -0.4 is 5.32 Å². The van der Waals surface area contributed by atoms with Gasteiger partial charge in [0.25, 0.3) is 0 Å². The largest absolute Gasteiger partial charge is 0.325 e. The smallest absolute Gasteiger partial charge is 0.234 e. The zero-order valence-electron chi connectivity index (χ0n) is 13.9. The molecule has 0 aliphatic rings. The van der Waals surface area contributed by atoms with Crippen molar-refractivity contribution in [3.05, 3.63) is 60.2 Å². The molecule has 1 N–H and O–H groups in total. The van der Waals surface area contributed by atoms with Gasteiger partial charge in [0.05, 0.1) is 5.75 Å². The third kappa shape index (κ3) is 4.26. The summed E-state index contributed by atoms with van der Waals surface area (Å²) in [6, 6.07) is 11.6. The molecule has 2 aromatic carbocycles. The van der Waals surface area contributed by atoms with Crippen LogP contribution in [0.2, 0.25) is 0 Å². The van der Waals surface area contributed by atoms with Crippen molar-refractivity contribution in [3.63, 3.8) is 0 Å². The lowest BCUT2D eigenvalue weighted by atomic mass is 10.2. The van der Waals surface area contributed by atoms with Gasteiger partial charge in [0.15, 0.2) is 11.0 Å². The summed E-state index contributed by atoms with van der Waals surface area (Å²) < 4.78 is 27.8. The van der Waals surface area contributed by atoms with Gasteiger partial charge in [-0.1, -0.05) is 11.8 Å². The summed E-state index contributed by atoms with van der Waals surface area (Å²) in [4.78, 5) is 12.1. The molecule has 0 fully saturated rings. The highest BCUT2D eigenvalue weighted by Crippen LogP contribution is 2.24. The Balaban J connectivity index is 1.67. The molecule has 1 heterocycles. The normalized spacial score (nSPS) is 10.7. The second-order valence-electron chi connectivity index (χ2n) is 5.40. The molecule has 134 valence electrons. The first-order chi connectivity index (χ1) is 12.6. The highest BCUT2D eigenvalue weighted by atomic mass is 32.2. The molecule has 26 heavy (non-hydrogen) atoms. The molecule has 5 nitrogen and oxygen atoms in total. The molecule has 0 saturated carbocycles. The molecule has 0 unspecified atom stereocenters. The highest BCUT2D eigenvalue weighted by molar-refractivity contribution is 7.99. The number of thioether (sulfide) groups is 1. The Morgan fingerprint density at radius 3 is 2.27 bits per heavy atom. The number of carbonyl (C=O) groups excluding carboxylic acids is 1. The second-order valence-corrected chi connectivity index (χ2v) is 6.34. The van der Waals surface area contributed by atoms with Gasteiger partial charge < -0.3 is 9.88 Å². The Morgan fingerprint density at radius 1 is 1.04 bits per heavy atom. The molecule has 0 bridgehead atoms. The Kier molecular flexibility index (Phi) is 5.62. The van der Waals surface area contributed by atoms with Crippen molar-refractivity contribution < 1.29 is 13.6 Å². The van der Waals surface area contributed by atoms with Gasteiger partial charge in [-0.3, -0.25) is 4.79 Å². The van der Waals surface area contributed by atoms with Crippen molar-refractivity contribution in [3.8, 4) is 11.4 Å². The van der Waals surface area contributed by atoms with Crippen LogP contribution >= 0.6 is 11.8 Å². The Hall–Kier alpha value is -2.74. The maximum atomic E-state index is 13.1. The number of aromatic nitrogens is 3. The van der Waals surface area contributed by atoms with Crippen LogP contribution in [0.4, 0.5) is 14.5 Å². The molecule has 0 saturated heterocycles. The quantitative estimate of drug-likeness (QED) is 0.663. The van der Waals surface area contributed by atoms with Crippen LogP contribution in [0.3, 0.4) is 0 Å². The molecule has 0 atom stereocenters. The van der Waals surface area contributed by atoms with E-state index in [-0.39, 0.29) is 23.3 Å². The fourth-order valence-electron chi connectivity index (χ4n) is 2.35. The Labute approximate surface area is 153 Å². The van der Waals surface area contributed by atoms with E-state index in [0.29, 0.717) is 23.2 Å². The number of rotatable bonds is 6. The Bertz CT molecular complexity index is 895. The minimum atomic E-state index is -0.359. The van der Waals surface area contributed by atoms with Crippen molar-refractivity contribution in [2.75, 3.05) is 11.1 Å². The first-order valence-electron chi connectivity index (χ1n) is 7.94. The fourth-order valence-corrected chi connectivity index (χ4v) is 3.16. The predicted octanol–water partition coefficient (Wildman–Crippen LogP) is 3.97. The first kappa shape index (κ1) is 18.1. The fraction of sp³-hybridized carbons (Fsp3) is 0.167. The third-order valence-corrected chi connectivity index (χ3v) is 4.56. The molecular weight excluding hydrogens is 358 g/mol. The van der Waals surface area contributed by atoms with Crippen molar-refractivity contribution >= 4 is 23.4 Å². The minimum Gasteiger partial charge on any atom is -0.325 e. The van der Waals surface area contributed by atoms with E-state index < -0.39 is 0 Å². The summed E-state index contributed by atoms with van der Waals surface area (Å²) in [7, 11) is 0. The minimum absolute atomic E-state index is 0.138. The number of nitrogens with zero attached hydrogens (tertiary/aromatic N) is 3. The molecule has 0 spiro atoms. The lowest BCUT2D eigenvalue weighted by molar-refractivity contribution is -0.113. The average molecular weight is 374 g/mol. The van der Waals surface area contributed by atoms with Gasteiger partial charge in [-0.15, -0.1) is 10.2 Å². The Morgan fingerprint density at radius 2 is 1.65 bits per heavy atom. The number of halogens is 2. The average Bonchev–Trinajstić information content (AvgIpc) is 3.05. The predicted molar refractivity (Wildman–Crippen MR) is 96.8 cm³/mol. The zero-order valence-corrected chi connectivity index (χ0v) is 14.8. The highest BCUT2D eigenvalue weighted by Gasteiger charge is 2.14. The van der Waals surface area contributed by atoms with Gasteiger partial charge in [0.2, 0.25) is 5.91 Å². The van der Waals surface area contributed by atoms with Gasteiger partial charge in [-0.2, -0.15) is 0 Å². The second kappa shape index (κ2) is 8.09. The number of hydrogen-bond donors (Lipinski definition) is 1. The standard InChI is InChI=1S/C18H16F2N4OS/c1-2-24-17(12-3-5-13(19)6-4-12)22-23-18(24)26-11-16(25)21-15-9-7-14(20)8-10-15/h3-10H,2,11H2,1H3,(H,21,25). The topological polar surface area (TPSA) is 59.8 Å². The van der Waals surface area contributed by atoms with Crippen molar-refractivity contribution in [1.82, 2.24) is 14.8 Å². The van der Waals surface area contributed by atoms with Crippen molar-refractivity contribution in [2.24, 2.45) is 0 Å². The molecular formula is C18H16F2N4OS. The molecule has 8 heteroatoms. The number of carbonyl (C=O) groups is 1. The van der Waals surface area contributed by atoms with E-state index in [1.807, 2.05) is 11.5 Å². The summed E-state index contributed by atoms with van der Waals surface area (Å²) in [6.45, 7) is 2.56. The van der Waals surface area contributed by atoms with Gasteiger partial charge >= 0.3 is 0 Å². The van der Waals surface area contributed by atoms with Crippen molar-refractivity contribution in [2.45, 2.75) is 18.6 Å². The van der Waals surface area contributed by atoms with E-state index >= 15 is 0 Å².